The summed E-state index contributed by atoms with van der Waals surface area (Å²) in [5, 5.41) is 27.2. The van der Waals surface area contributed by atoms with Gasteiger partial charge in [0.25, 0.3) is 0 Å². The highest BCUT2D eigenvalue weighted by molar-refractivity contribution is 6.04. The molecular formula is C41H34F3N7. The van der Waals surface area contributed by atoms with Crippen LogP contribution in [0.3, 0.4) is 0 Å². The Balaban J connectivity index is 1.14. The SMILES string of the molecule is CCC(C)Nc1ccc(NNc2ccc(N=Nc3ccc(N=Nc4ccc(C(F)(F)F)cc4)c4ccccc34)c3ccccc23)c2ccccc12. The Labute approximate surface area is 292 Å². The summed E-state index contributed by atoms with van der Waals surface area (Å²) in [6.45, 7) is 4.35. The first-order valence-electron chi connectivity index (χ1n) is 16.6. The number of hydrogen-bond donors (Lipinski definition) is 3. The van der Waals surface area contributed by atoms with Gasteiger partial charge in [-0.25, -0.2) is 0 Å². The molecule has 0 bridgehead atoms. The maximum Gasteiger partial charge on any atom is 0.416 e. The fourth-order valence-electron chi connectivity index (χ4n) is 5.89. The third-order valence-corrected chi connectivity index (χ3v) is 8.78. The first kappa shape index (κ1) is 33.2. The maximum absolute atomic E-state index is 12.9. The van der Waals surface area contributed by atoms with Gasteiger partial charge in [0.1, 0.15) is 0 Å². The van der Waals surface area contributed by atoms with E-state index in [4.69, 9.17) is 0 Å². The Hall–Kier alpha value is -6.29. The van der Waals surface area contributed by atoms with Gasteiger partial charge in [-0.1, -0.05) is 79.7 Å². The molecule has 3 N–H and O–H groups in total. The molecule has 0 saturated carbocycles. The molecule has 0 saturated heterocycles. The largest absolute Gasteiger partial charge is 0.416 e. The monoisotopic (exact) mass is 681 g/mol. The third kappa shape index (κ3) is 7.21. The zero-order chi connectivity index (χ0) is 35.4. The molecule has 0 fully saturated rings. The van der Waals surface area contributed by atoms with E-state index in [-0.39, 0.29) is 0 Å². The van der Waals surface area contributed by atoms with E-state index in [1.165, 1.54) is 12.1 Å². The molecule has 0 aliphatic rings. The fourth-order valence-corrected chi connectivity index (χ4v) is 5.89. The van der Waals surface area contributed by atoms with Gasteiger partial charge in [-0.3, -0.25) is 0 Å². The maximum atomic E-state index is 12.9. The van der Waals surface area contributed by atoms with Crippen molar-refractivity contribution < 1.29 is 13.2 Å². The van der Waals surface area contributed by atoms with Crippen molar-refractivity contribution in [1.29, 1.82) is 0 Å². The van der Waals surface area contributed by atoms with Crippen molar-refractivity contribution in [2.45, 2.75) is 32.5 Å². The predicted octanol–water partition coefficient (Wildman–Crippen LogP) is 13.6. The summed E-state index contributed by atoms with van der Waals surface area (Å²) in [5.74, 6) is 0. The topological polar surface area (TPSA) is 85.5 Å². The number of hydrogen-bond acceptors (Lipinski definition) is 7. The number of halogens is 3. The summed E-state index contributed by atoms with van der Waals surface area (Å²) in [6, 6.07) is 40.6. The molecule has 51 heavy (non-hydrogen) atoms. The minimum Gasteiger partial charge on any atom is -0.382 e. The highest BCUT2D eigenvalue weighted by Crippen LogP contribution is 2.38. The van der Waals surface area contributed by atoms with E-state index in [2.05, 4.69) is 80.8 Å². The van der Waals surface area contributed by atoms with Crippen LogP contribution >= 0.6 is 0 Å². The summed E-state index contributed by atoms with van der Waals surface area (Å²) in [7, 11) is 0. The van der Waals surface area contributed by atoms with E-state index >= 15 is 0 Å². The molecular weight excluding hydrogens is 647 g/mol. The molecule has 1 atom stereocenters. The second kappa shape index (κ2) is 14.3. The third-order valence-electron chi connectivity index (χ3n) is 8.78. The van der Waals surface area contributed by atoms with Gasteiger partial charge in [0, 0.05) is 44.0 Å². The van der Waals surface area contributed by atoms with Crippen molar-refractivity contribution in [3.63, 3.8) is 0 Å². The summed E-state index contributed by atoms with van der Waals surface area (Å²) in [6.07, 6.45) is -3.38. The zero-order valence-electron chi connectivity index (χ0n) is 27.9. The molecule has 7 rings (SSSR count). The second-order valence-electron chi connectivity index (χ2n) is 12.2. The lowest BCUT2D eigenvalue weighted by Gasteiger charge is -2.19. The van der Waals surface area contributed by atoms with Crippen molar-refractivity contribution in [3.8, 4) is 0 Å². The Morgan fingerprint density at radius 1 is 0.490 bits per heavy atom. The fraction of sp³-hybridized carbons (Fsp3) is 0.122. The molecule has 7 nitrogen and oxygen atoms in total. The quantitative estimate of drug-likeness (QED) is 0.0992. The molecule has 0 aliphatic heterocycles. The number of benzene rings is 7. The van der Waals surface area contributed by atoms with Gasteiger partial charge in [0.2, 0.25) is 0 Å². The number of nitrogens with zero attached hydrogens (tertiary/aromatic N) is 4. The van der Waals surface area contributed by atoms with Crippen molar-refractivity contribution in [1.82, 2.24) is 0 Å². The highest BCUT2D eigenvalue weighted by Gasteiger charge is 2.30. The number of anilines is 3. The molecule has 7 aromatic carbocycles. The van der Waals surface area contributed by atoms with E-state index < -0.39 is 11.7 Å². The van der Waals surface area contributed by atoms with Crippen LogP contribution in [0.15, 0.2) is 154 Å². The molecule has 0 aliphatic carbocycles. The molecule has 0 heterocycles. The van der Waals surface area contributed by atoms with Crippen molar-refractivity contribution in [3.05, 3.63) is 139 Å². The van der Waals surface area contributed by atoms with E-state index in [1.807, 2.05) is 72.8 Å². The number of azo groups is 2. The molecule has 0 spiro atoms. The Morgan fingerprint density at radius 3 is 1.39 bits per heavy atom. The number of rotatable bonds is 10. The van der Waals surface area contributed by atoms with Crippen LogP contribution in [-0.2, 0) is 6.18 Å². The summed E-state index contributed by atoms with van der Waals surface area (Å²) < 4.78 is 38.8. The van der Waals surface area contributed by atoms with Crippen LogP contribution < -0.4 is 16.2 Å². The van der Waals surface area contributed by atoms with Crippen LogP contribution in [0.5, 0.6) is 0 Å². The number of fused-ring (bicyclic) bond motifs is 3. The average molecular weight is 682 g/mol. The first-order chi connectivity index (χ1) is 24.8. The highest BCUT2D eigenvalue weighted by atomic mass is 19.4. The molecule has 0 radical (unpaired) electrons. The lowest BCUT2D eigenvalue weighted by atomic mass is 10.1. The molecule has 1 unspecified atom stereocenters. The van der Waals surface area contributed by atoms with Crippen LogP contribution in [0.4, 0.5) is 53.0 Å². The summed E-state index contributed by atoms with van der Waals surface area (Å²) in [4.78, 5) is 0. The smallest absolute Gasteiger partial charge is 0.382 e. The van der Waals surface area contributed by atoms with Gasteiger partial charge in [-0.2, -0.15) is 18.3 Å². The number of hydrazine groups is 1. The average Bonchev–Trinajstić information content (AvgIpc) is 3.16. The normalized spacial score (nSPS) is 12.6. The molecule has 7 aromatic rings. The lowest BCUT2D eigenvalue weighted by Crippen LogP contribution is -2.14. The minimum atomic E-state index is -4.41. The summed E-state index contributed by atoms with van der Waals surface area (Å²) >= 11 is 0. The molecule has 0 amide bonds. The standard InChI is InChI=1S/C41H34F3N7/c1-3-26(2)45-35-20-21-37(30-11-5-4-10-29(30)35)48-49-39-24-25-40(34-15-9-8-14-33(34)39)51-50-38-23-22-36(31-12-6-7-13-32(31)38)47-46-28-18-16-27(17-19-28)41(42,43)44/h4-26,45,48-49H,3H2,1-2H3. The van der Waals surface area contributed by atoms with Crippen molar-refractivity contribution >= 4 is 72.1 Å². The second-order valence-corrected chi connectivity index (χ2v) is 12.2. The van der Waals surface area contributed by atoms with Crippen molar-refractivity contribution in [2.75, 3.05) is 16.2 Å². The first-order valence-corrected chi connectivity index (χ1v) is 16.6. The van der Waals surface area contributed by atoms with Gasteiger partial charge in [0.15, 0.2) is 0 Å². The number of alkyl halides is 3. The van der Waals surface area contributed by atoms with E-state index in [0.29, 0.717) is 28.8 Å². The van der Waals surface area contributed by atoms with E-state index in [9.17, 15) is 13.2 Å². The van der Waals surface area contributed by atoms with Gasteiger partial charge in [0.05, 0.1) is 39.7 Å². The Bertz CT molecular complexity index is 2400. The van der Waals surface area contributed by atoms with Crippen molar-refractivity contribution in [2.24, 2.45) is 20.5 Å². The van der Waals surface area contributed by atoms with E-state index in [0.717, 1.165) is 67.9 Å². The van der Waals surface area contributed by atoms with Crippen LogP contribution in [-0.4, -0.2) is 6.04 Å². The van der Waals surface area contributed by atoms with Gasteiger partial charge in [-0.05, 0) is 74.0 Å². The van der Waals surface area contributed by atoms with Crippen LogP contribution in [0, 0.1) is 0 Å². The molecule has 10 heteroatoms. The van der Waals surface area contributed by atoms with E-state index in [1.54, 1.807) is 6.07 Å². The lowest BCUT2D eigenvalue weighted by molar-refractivity contribution is -0.137. The van der Waals surface area contributed by atoms with Gasteiger partial charge >= 0.3 is 6.18 Å². The summed E-state index contributed by atoms with van der Waals surface area (Å²) in [5.41, 5.74) is 11.3. The van der Waals surface area contributed by atoms with Gasteiger partial charge < -0.3 is 16.2 Å². The van der Waals surface area contributed by atoms with Crippen LogP contribution in [0.25, 0.3) is 32.3 Å². The zero-order valence-corrected chi connectivity index (χ0v) is 27.9. The predicted molar refractivity (Wildman–Crippen MR) is 202 cm³/mol. The van der Waals surface area contributed by atoms with Crippen LogP contribution in [0.1, 0.15) is 25.8 Å². The Morgan fingerprint density at radius 2 is 0.882 bits per heavy atom. The number of nitrogens with one attached hydrogen (secondary N) is 3. The minimum absolute atomic E-state index is 0.316. The van der Waals surface area contributed by atoms with Crippen LogP contribution in [0.2, 0.25) is 0 Å². The van der Waals surface area contributed by atoms with Gasteiger partial charge in [-0.15, -0.1) is 15.3 Å². The molecule has 254 valence electrons. The Kier molecular flexibility index (Phi) is 9.30. The molecule has 0 aromatic heterocycles.